The molecular formula is C43H72N8O14. The number of hydroxylamine groups is 4. The largest absolute Gasteiger partial charge is 0.458 e. The normalized spacial score (nSPS) is 35.1. The lowest BCUT2D eigenvalue weighted by molar-refractivity contribution is -0.329. The number of rotatable bonds is 8. The van der Waals surface area contributed by atoms with Gasteiger partial charge in [-0.2, -0.15) is 0 Å². The average Bonchev–Trinajstić information content (AvgIpc) is 3.57. The molecule has 5 aliphatic heterocycles. The highest BCUT2D eigenvalue weighted by atomic mass is 16.6. The van der Waals surface area contributed by atoms with Crippen LogP contribution < -0.4 is 16.2 Å². The van der Waals surface area contributed by atoms with Gasteiger partial charge in [-0.05, 0) is 88.9 Å². The van der Waals surface area contributed by atoms with E-state index in [-0.39, 0.29) is 61.4 Å². The first kappa shape index (κ1) is 51.9. The van der Waals surface area contributed by atoms with Gasteiger partial charge in [0.1, 0.15) is 36.8 Å². The van der Waals surface area contributed by atoms with E-state index in [0.29, 0.717) is 31.6 Å². The van der Waals surface area contributed by atoms with Crippen molar-refractivity contribution < 1.29 is 68.8 Å². The molecule has 0 bridgehead atoms. The number of esters is 1. The van der Waals surface area contributed by atoms with Gasteiger partial charge < -0.3 is 35.0 Å². The van der Waals surface area contributed by atoms with Gasteiger partial charge in [-0.25, -0.2) is 25.8 Å². The number of carbonyl (C=O) groups is 7. The SMILES string of the molecule is CCC1OC(O)(C(C)(O)C(=O)NC2C(=O)N3NCCCC3C(=O)N(O)CC(=O)N3NCCCC3C(=O)N3CCC(C)(O)C3C(=O)N(O)C(C(C)C)C(=O)OC2C(C)C)CCC1CC(C)C. The smallest absolute Gasteiger partial charge is 0.332 e. The Morgan fingerprint density at radius 3 is 2.03 bits per heavy atom. The predicted molar refractivity (Wildman–Crippen MR) is 227 cm³/mol. The zero-order valence-corrected chi connectivity index (χ0v) is 39.2. The number of nitrogens with one attached hydrogen (secondary N) is 3. The molecule has 5 heterocycles. The minimum absolute atomic E-state index is 0.0189. The van der Waals surface area contributed by atoms with Crippen LogP contribution in [0.2, 0.25) is 0 Å². The number of amides is 6. The number of carbonyl (C=O) groups excluding carboxylic acids is 7. The van der Waals surface area contributed by atoms with E-state index in [1.165, 1.54) is 34.6 Å². The summed E-state index contributed by atoms with van der Waals surface area (Å²) in [5.41, 5.74) is 0.982. The summed E-state index contributed by atoms with van der Waals surface area (Å²) < 4.78 is 12.1. The Bertz CT molecular complexity index is 1800. The van der Waals surface area contributed by atoms with Crippen LogP contribution >= 0.6 is 0 Å². The zero-order chi connectivity index (χ0) is 48.5. The third kappa shape index (κ3) is 10.6. The van der Waals surface area contributed by atoms with E-state index < -0.39 is 119 Å². The van der Waals surface area contributed by atoms with E-state index >= 15 is 4.79 Å². The first-order chi connectivity index (χ1) is 30.3. The Balaban J connectivity index is 1.60. The lowest BCUT2D eigenvalue weighted by Gasteiger charge is -2.48. The number of hydrogen-bond donors (Lipinski definition) is 8. The Morgan fingerprint density at radius 1 is 0.862 bits per heavy atom. The van der Waals surface area contributed by atoms with Crippen molar-refractivity contribution in [1.29, 1.82) is 0 Å². The first-order valence-corrected chi connectivity index (χ1v) is 23.1. The molecule has 5 aliphatic rings. The summed E-state index contributed by atoms with van der Waals surface area (Å²) in [5.74, 6) is -11.6. The van der Waals surface area contributed by atoms with Crippen LogP contribution in [0.1, 0.15) is 120 Å². The van der Waals surface area contributed by atoms with Gasteiger partial charge in [-0.3, -0.25) is 49.2 Å². The van der Waals surface area contributed by atoms with Gasteiger partial charge in [0.2, 0.25) is 11.7 Å². The lowest BCUT2D eigenvalue weighted by Crippen LogP contribution is -2.70. The molecule has 0 radical (unpaired) electrons. The molecule has 0 spiro atoms. The maximum Gasteiger partial charge on any atom is 0.332 e. The Hall–Kier alpha value is -4.03. The molecule has 5 fully saturated rings. The van der Waals surface area contributed by atoms with Gasteiger partial charge in [-0.15, -0.1) is 0 Å². The van der Waals surface area contributed by atoms with Gasteiger partial charge in [0.25, 0.3) is 29.5 Å². The van der Waals surface area contributed by atoms with Crippen LogP contribution in [0.15, 0.2) is 0 Å². The summed E-state index contributed by atoms with van der Waals surface area (Å²) in [4.78, 5) is 102. The molecule has 5 rings (SSSR count). The molecule has 22 heteroatoms. The standard InChI is InChI=1S/C43H72N8O14/c1-10-29-26(21-23(2)3)15-16-43(61,65-29)42(9,60)40(58)46-31-33(25(6)7)64-39(57)32(24(4)5)51(63)38(56)34-41(8,59)17-20-47(34)35(53)27-13-11-18-44-49(27)30(52)22-48(62)36(54)28-14-12-19-45-50(28)37(31)55/h23-29,31-34,44-45,59-63H,10-22H2,1-9H3,(H,46,58). The summed E-state index contributed by atoms with van der Waals surface area (Å²) in [6, 6.07) is -8.34. The van der Waals surface area contributed by atoms with Crippen molar-refractivity contribution in [3.05, 3.63) is 0 Å². The van der Waals surface area contributed by atoms with E-state index in [2.05, 4.69) is 16.2 Å². The number of hydrogen-bond acceptors (Lipinski definition) is 16. The fraction of sp³-hybridized carbons (Fsp3) is 0.837. The molecule has 22 nitrogen and oxygen atoms in total. The second-order valence-electron chi connectivity index (χ2n) is 19.9. The molecule has 368 valence electrons. The average molecular weight is 925 g/mol. The van der Waals surface area contributed by atoms with E-state index in [1.807, 2.05) is 20.8 Å². The molecule has 65 heavy (non-hydrogen) atoms. The fourth-order valence-corrected chi connectivity index (χ4v) is 9.89. The summed E-state index contributed by atoms with van der Waals surface area (Å²) in [6.45, 7) is 13.5. The quantitative estimate of drug-likeness (QED) is 0.113. The predicted octanol–water partition coefficient (Wildman–Crippen LogP) is -0.453. The van der Waals surface area contributed by atoms with Crippen molar-refractivity contribution in [2.24, 2.45) is 23.7 Å². The van der Waals surface area contributed by atoms with Crippen LogP contribution in [-0.4, -0.2) is 178 Å². The second-order valence-corrected chi connectivity index (χ2v) is 19.9. The maximum absolute atomic E-state index is 15.0. The van der Waals surface area contributed by atoms with Gasteiger partial charge in [-0.1, -0.05) is 48.5 Å². The number of hydrazine groups is 2. The van der Waals surface area contributed by atoms with Crippen molar-refractivity contribution in [3.8, 4) is 0 Å². The summed E-state index contributed by atoms with van der Waals surface area (Å²) in [7, 11) is 0. The van der Waals surface area contributed by atoms with Crippen molar-refractivity contribution >= 4 is 41.4 Å². The maximum atomic E-state index is 15.0. The van der Waals surface area contributed by atoms with Crippen LogP contribution in [0, 0.1) is 23.7 Å². The summed E-state index contributed by atoms with van der Waals surface area (Å²) in [6.07, 6.45) is -0.125. The van der Waals surface area contributed by atoms with E-state index in [0.717, 1.165) is 28.3 Å². The second kappa shape index (κ2) is 20.5. The number of cyclic esters (lactones) is 1. The Morgan fingerprint density at radius 2 is 1.46 bits per heavy atom. The molecule has 11 unspecified atom stereocenters. The van der Waals surface area contributed by atoms with Gasteiger partial charge >= 0.3 is 5.97 Å². The first-order valence-electron chi connectivity index (χ1n) is 23.1. The highest BCUT2D eigenvalue weighted by molar-refractivity contribution is 5.97. The van der Waals surface area contributed by atoms with Crippen molar-refractivity contribution in [1.82, 2.24) is 41.2 Å². The van der Waals surface area contributed by atoms with Crippen molar-refractivity contribution in [2.75, 3.05) is 26.2 Å². The van der Waals surface area contributed by atoms with Crippen molar-refractivity contribution in [3.63, 3.8) is 0 Å². The number of fused-ring (bicyclic) bond motifs is 3. The topological polar surface area (TPSA) is 291 Å². The Labute approximate surface area is 380 Å². The summed E-state index contributed by atoms with van der Waals surface area (Å²) in [5, 5.41) is 62.8. The van der Waals surface area contributed by atoms with Crippen LogP contribution in [-0.2, 0) is 43.0 Å². The van der Waals surface area contributed by atoms with Crippen LogP contribution in [0.4, 0.5) is 0 Å². The molecule has 5 saturated heterocycles. The summed E-state index contributed by atoms with van der Waals surface area (Å²) >= 11 is 0. The van der Waals surface area contributed by atoms with E-state index in [4.69, 9.17) is 9.47 Å². The third-order valence-corrected chi connectivity index (χ3v) is 13.6. The zero-order valence-electron chi connectivity index (χ0n) is 39.2. The van der Waals surface area contributed by atoms with Gasteiger partial charge in [0.15, 0.2) is 11.6 Å². The highest BCUT2D eigenvalue weighted by Crippen LogP contribution is 2.42. The van der Waals surface area contributed by atoms with Gasteiger partial charge in [0, 0.05) is 26.1 Å². The van der Waals surface area contributed by atoms with Crippen LogP contribution in [0.25, 0.3) is 0 Å². The Kier molecular flexibility index (Phi) is 16.3. The van der Waals surface area contributed by atoms with E-state index in [9.17, 15) is 54.5 Å². The molecule has 6 amide bonds. The third-order valence-electron chi connectivity index (χ3n) is 13.6. The minimum Gasteiger partial charge on any atom is -0.458 e. The lowest BCUT2D eigenvalue weighted by atomic mass is 9.78. The molecule has 0 aromatic carbocycles. The number of nitrogens with zero attached hydrogens (tertiary/aromatic N) is 5. The molecule has 11 atom stereocenters. The minimum atomic E-state index is -2.73. The highest BCUT2D eigenvalue weighted by Gasteiger charge is 2.58. The molecule has 0 aromatic rings. The molecule has 0 aromatic heterocycles. The molecule has 0 aliphatic carbocycles. The van der Waals surface area contributed by atoms with Crippen LogP contribution in [0.5, 0.6) is 0 Å². The monoisotopic (exact) mass is 925 g/mol. The molecule has 8 N–H and O–H groups in total. The molecular weight excluding hydrogens is 853 g/mol. The fourth-order valence-electron chi connectivity index (χ4n) is 9.89. The van der Waals surface area contributed by atoms with Crippen molar-refractivity contribution in [2.45, 2.75) is 180 Å². The number of ether oxygens (including phenoxy) is 2. The number of aliphatic hydroxyl groups is 3. The van der Waals surface area contributed by atoms with Crippen LogP contribution in [0.3, 0.4) is 0 Å². The molecule has 0 saturated carbocycles. The van der Waals surface area contributed by atoms with Gasteiger partial charge in [0.05, 0.1) is 11.7 Å². The van der Waals surface area contributed by atoms with E-state index in [1.54, 1.807) is 0 Å².